The molecule has 0 aliphatic rings. The van der Waals surface area contributed by atoms with Crippen LogP contribution >= 0.6 is 11.8 Å². The van der Waals surface area contributed by atoms with Crippen LogP contribution in [0.3, 0.4) is 0 Å². The van der Waals surface area contributed by atoms with Gasteiger partial charge in [-0.25, -0.2) is 0 Å². The maximum Gasteiger partial charge on any atom is 0.0408 e. The van der Waals surface area contributed by atoms with E-state index in [1.807, 2.05) is 6.92 Å². The highest BCUT2D eigenvalue weighted by atomic mass is 32.2. The Morgan fingerprint density at radius 3 is 2.45 bits per heavy atom. The van der Waals surface area contributed by atoms with Gasteiger partial charge < -0.3 is 5.73 Å². The summed E-state index contributed by atoms with van der Waals surface area (Å²) >= 11 is 1.62. The highest BCUT2D eigenvalue weighted by Gasteiger charge is 1.98. The first-order chi connectivity index (χ1) is 5.11. The fourth-order valence-corrected chi connectivity index (χ4v) is 1.43. The molecule has 0 aromatic carbocycles. The van der Waals surface area contributed by atoms with Crippen molar-refractivity contribution in [1.29, 1.82) is 0 Å². The summed E-state index contributed by atoms with van der Waals surface area (Å²) in [6, 6.07) is 0. The molecule has 62 valence electrons. The first kappa shape index (κ1) is 10.4. The first-order valence-corrected chi connectivity index (χ1v) is 4.37. The van der Waals surface area contributed by atoms with Gasteiger partial charge in [-0.2, -0.15) is 0 Å². The molecule has 0 bridgehead atoms. The van der Waals surface area contributed by atoms with Crippen LogP contribution in [0.5, 0.6) is 0 Å². The van der Waals surface area contributed by atoms with Crippen molar-refractivity contribution in [2.24, 2.45) is 5.73 Å². The molecule has 0 unspecified atom stereocenters. The number of allylic oxidation sites excluding steroid dienone is 3. The van der Waals surface area contributed by atoms with Crippen LogP contribution in [0.2, 0.25) is 0 Å². The van der Waals surface area contributed by atoms with Gasteiger partial charge in [0, 0.05) is 10.6 Å². The number of nitrogens with two attached hydrogens (primary N) is 1. The van der Waals surface area contributed by atoms with Crippen molar-refractivity contribution < 1.29 is 0 Å². The van der Waals surface area contributed by atoms with Gasteiger partial charge in [-0.3, -0.25) is 0 Å². The van der Waals surface area contributed by atoms with E-state index in [1.165, 1.54) is 0 Å². The van der Waals surface area contributed by atoms with E-state index < -0.39 is 0 Å². The summed E-state index contributed by atoms with van der Waals surface area (Å²) < 4.78 is 0. The maximum atomic E-state index is 5.68. The highest BCUT2D eigenvalue weighted by molar-refractivity contribution is 8.06. The lowest BCUT2D eigenvalue weighted by molar-refractivity contribution is 1.16. The summed E-state index contributed by atoms with van der Waals surface area (Å²) in [4.78, 5) is 2.21. The van der Waals surface area contributed by atoms with Crippen LogP contribution in [0.15, 0.2) is 34.7 Å². The Morgan fingerprint density at radius 1 is 1.64 bits per heavy atom. The molecule has 0 saturated carbocycles. The van der Waals surface area contributed by atoms with Crippen molar-refractivity contribution in [3.63, 3.8) is 0 Å². The van der Waals surface area contributed by atoms with Crippen LogP contribution in [0.1, 0.15) is 20.3 Å². The molecule has 0 atom stereocenters. The molecule has 0 amide bonds. The minimum atomic E-state index is 0.764. The van der Waals surface area contributed by atoms with E-state index in [2.05, 4.69) is 20.1 Å². The fraction of sp³-hybridized carbons (Fsp3) is 0.333. The molecule has 0 aromatic rings. The van der Waals surface area contributed by atoms with Gasteiger partial charge in [-0.1, -0.05) is 31.8 Å². The smallest absolute Gasteiger partial charge is 0.0408 e. The predicted octanol–water partition coefficient (Wildman–Crippen LogP) is 3.02. The van der Waals surface area contributed by atoms with Gasteiger partial charge in [0.1, 0.15) is 0 Å². The van der Waals surface area contributed by atoms with Crippen LogP contribution in [-0.4, -0.2) is 0 Å². The quantitative estimate of drug-likeness (QED) is 0.655. The largest absolute Gasteiger partial charge is 0.398 e. The Hall–Kier alpha value is -0.630. The van der Waals surface area contributed by atoms with Gasteiger partial charge in [0.05, 0.1) is 0 Å². The summed E-state index contributed by atoms with van der Waals surface area (Å²) in [5, 5.41) is 0. The summed E-state index contributed by atoms with van der Waals surface area (Å²) in [6.07, 6.45) is 2.62. The van der Waals surface area contributed by atoms with Gasteiger partial charge >= 0.3 is 0 Å². The highest BCUT2D eigenvalue weighted by Crippen LogP contribution is 2.27. The van der Waals surface area contributed by atoms with E-state index in [4.69, 9.17) is 5.73 Å². The Morgan fingerprint density at radius 2 is 2.18 bits per heavy atom. The van der Waals surface area contributed by atoms with Crippen molar-refractivity contribution in [2.45, 2.75) is 20.3 Å². The van der Waals surface area contributed by atoms with Gasteiger partial charge in [-0.15, -0.1) is 0 Å². The molecule has 1 nitrogen and oxygen atoms in total. The molecule has 2 N–H and O–H groups in total. The van der Waals surface area contributed by atoms with Crippen LogP contribution in [-0.2, 0) is 0 Å². The number of hydrogen-bond acceptors (Lipinski definition) is 2. The Bertz CT molecular complexity index is 192. The number of rotatable bonds is 4. The molecule has 0 aliphatic carbocycles. The summed E-state index contributed by atoms with van der Waals surface area (Å²) in [6.45, 7) is 11.4. The van der Waals surface area contributed by atoms with Gasteiger partial charge in [-0.05, 0) is 24.3 Å². The molecule has 0 rings (SSSR count). The maximum absolute atomic E-state index is 5.68. The van der Waals surface area contributed by atoms with Crippen molar-refractivity contribution in [3.8, 4) is 0 Å². The Kier molecular flexibility index (Phi) is 4.79. The monoisotopic (exact) mass is 169 g/mol. The zero-order chi connectivity index (χ0) is 8.85. The Labute approximate surface area is 73.1 Å². The molecule has 0 aliphatic heterocycles. The van der Waals surface area contributed by atoms with E-state index in [0.717, 1.165) is 21.9 Å². The lowest BCUT2D eigenvalue weighted by Crippen LogP contribution is -1.96. The zero-order valence-corrected chi connectivity index (χ0v) is 8.00. The van der Waals surface area contributed by atoms with E-state index in [-0.39, 0.29) is 0 Å². The summed E-state index contributed by atoms with van der Waals surface area (Å²) in [7, 11) is 0. The number of hydrogen-bond donors (Lipinski definition) is 1. The average molecular weight is 169 g/mol. The Balaban J connectivity index is 4.38. The van der Waals surface area contributed by atoms with Gasteiger partial charge in [0.15, 0.2) is 0 Å². The van der Waals surface area contributed by atoms with Gasteiger partial charge in [0.2, 0.25) is 0 Å². The second kappa shape index (κ2) is 5.08. The van der Waals surface area contributed by atoms with Crippen molar-refractivity contribution in [3.05, 3.63) is 34.7 Å². The van der Waals surface area contributed by atoms with E-state index >= 15 is 0 Å². The lowest BCUT2D eigenvalue weighted by atomic mass is 10.3. The van der Waals surface area contributed by atoms with Crippen LogP contribution in [0.4, 0.5) is 0 Å². The summed E-state index contributed by atoms with van der Waals surface area (Å²) in [5.74, 6) is 0. The third-order valence-electron chi connectivity index (χ3n) is 1.16. The molecular weight excluding hydrogens is 154 g/mol. The molecule has 0 radical (unpaired) electrons. The normalized spacial score (nSPS) is 12.2. The SMILES string of the molecule is C=C/C(N)=C(\CC)SC(=C)C. The lowest BCUT2D eigenvalue weighted by Gasteiger charge is -2.05. The van der Waals surface area contributed by atoms with Crippen molar-refractivity contribution in [1.82, 2.24) is 0 Å². The van der Waals surface area contributed by atoms with Crippen molar-refractivity contribution in [2.75, 3.05) is 0 Å². The standard InChI is InChI=1S/C9H15NS/c1-5-8(10)9(6-2)11-7(3)4/h5H,1,3,6,10H2,2,4H3/b9-8-. The van der Waals surface area contributed by atoms with Gasteiger partial charge in [0.25, 0.3) is 0 Å². The van der Waals surface area contributed by atoms with Crippen LogP contribution in [0, 0.1) is 0 Å². The topological polar surface area (TPSA) is 26.0 Å². The summed E-state index contributed by atoms with van der Waals surface area (Å²) in [5.41, 5.74) is 6.44. The molecule has 0 aromatic heterocycles. The second-order valence-electron chi connectivity index (χ2n) is 2.24. The van der Waals surface area contributed by atoms with Crippen molar-refractivity contribution >= 4 is 11.8 Å². The molecule has 0 heterocycles. The average Bonchev–Trinajstić information content (AvgIpc) is 1.98. The van der Waals surface area contributed by atoms with Crippen LogP contribution in [0.25, 0.3) is 0 Å². The van der Waals surface area contributed by atoms with Crippen LogP contribution < -0.4 is 5.73 Å². The second-order valence-corrected chi connectivity index (χ2v) is 3.63. The molecular formula is C9H15NS. The molecule has 2 heteroatoms. The molecule has 0 fully saturated rings. The minimum Gasteiger partial charge on any atom is -0.398 e. The van der Waals surface area contributed by atoms with E-state index in [1.54, 1.807) is 17.8 Å². The molecule has 11 heavy (non-hydrogen) atoms. The predicted molar refractivity (Wildman–Crippen MR) is 54.1 cm³/mol. The minimum absolute atomic E-state index is 0.764. The fourth-order valence-electron chi connectivity index (χ4n) is 0.659. The third kappa shape index (κ3) is 3.94. The molecule has 0 spiro atoms. The third-order valence-corrected chi connectivity index (χ3v) is 2.28. The van der Waals surface area contributed by atoms with E-state index in [0.29, 0.717) is 0 Å². The first-order valence-electron chi connectivity index (χ1n) is 3.56. The zero-order valence-electron chi connectivity index (χ0n) is 7.18. The van der Waals surface area contributed by atoms with E-state index in [9.17, 15) is 0 Å². The number of thioether (sulfide) groups is 1. The molecule has 0 saturated heterocycles.